The Morgan fingerprint density at radius 1 is 1.19 bits per heavy atom. The van der Waals surface area contributed by atoms with Gasteiger partial charge in [-0.1, -0.05) is 5.16 Å². The Morgan fingerprint density at radius 3 is 2.31 bits per heavy atom. The number of hydrogen-bond acceptors (Lipinski definition) is 3. The number of hydrogen-bond donors (Lipinski definition) is 0. The van der Waals surface area contributed by atoms with Crippen molar-refractivity contribution in [2.45, 2.75) is 5.88 Å². The van der Waals surface area contributed by atoms with Gasteiger partial charge in [0.25, 0.3) is 5.89 Å². The molecule has 0 aliphatic rings. The van der Waals surface area contributed by atoms with Crippen molar-refractivity contribution in [2.75, 3.05) is 0 Å². The lowest BCUT2D eigenvalue weighted by Gasteiger charge is -1.97. The molecule has 3 nitrogen and oxygen atoms in total. The fourth-order valence-electron chi connectivity index (χ4n) is 1.10. The molecule has 2 rings (SSSR count). The van der Waals surface area contributed by atoms with Crippen molar-refractivity contribution >= 4 is 11.6 Å². The van der Waals surface area contributed by atoms with E-state index in [0.29, 0.717) is 0 Å². The van der Waals surface area contributed by atoms with Gasteiger partial charge in [0.05, 0.1) is 5.88 Å². The van der Waals surface area contributed by atoms with Crippen LogP contribution in [0.25, 0.3) is 11.5 Å². The summed E-state index contributed by atoms with van der Waals surface area (Å²) in [6.07, 6.45) is 0. The maximum atomic E-state index is 12.9. The van der Waals surface area contributed by atoms with Crippen molar-refractivity contribution < 1.29 is 17.7 Å². The quantitative estimate of drug-likeness (QED) is 0.606. The summed E-state index contributed by atoms with van der Waals surface area (Å²) >= 11 is 5.42. The van der Waals surface area contributed by atoms with E-state index < -0.39 is 17.5 Å². The average molecular weight is 249 g/mol. The molecule has 84 valence electrons. The Hall–Kier alpha value is -1.56. The zero-order valence-electron chi connectivity index (χ0n) is 7.68. The van der Waals surface area contributed by atoms with Crippen LogP contribution >= 0.6 is 11.6 Å². The Balaban J connectivity index is 2.48. The molecule has 16 heavy (non-hydrogen) atoms. The average Bonchev–Trinajstić information content (AvgIpc) is 2.73. The Bertz CT molecular complexity index is 506. The van der Waals surface area contributed by atoms with E-state index in [1.807, 2.05) is 0 Å². The number of nitrogens with zero attached hydrogens (tertiary/aromatic N) is 2. The number of rotatable bonds is 2. The first-order valence-electron chi connectivity index (χ1n) is 4.15. The maximum Gasteiger partial charge on any atom is 0.258 e. The van der Waals surface area contributed by atoms with Crippen molar-refractivity contribution in [3.63, 3.8) is 0 Å². The lowest BCUT2D eigenvalue weighted by atomic mass is 10.2. The van der Waals surface area contributed by atoms with Crippen LogP contribution in [0.1, 0.15) is 5.82 Å². The molecule has 0 atom stereocenters. The van der Waals surface area contributed by atoms with Gasteiger partial charge in [0.15, 0.2) is 23.3 Å². The van der Waals surface area contributed by atoms with Gasteiger partial charge in [-0.15, -0.1) is 11.6 Å². The van der Waals surface area contributed by atoms with Crippen molar-refractivity contribution in [1.29, 1.82) is 0 Å². The summed E-state index contributed by atoms with van der Waals surface area (Å²) in [6, 6.07) is 1.54. The molecule has 1 aromatic carbocycles. The summed E-state index contributed by atoms with van der Waals surface area (Å²) < 4.78 is 43.1. The van der Waals surface area contributed by atoms with Crippen LogP contribution in [0.5, 0.6) is 0 Å². The lowest BCUT2D eigenvalue weighted by molar-refractivity contribution is 0.421. The third kappa shape index (κ3) is 1.88. The molecule has 0 spiro atoms. The summed E-state index contributed by atoms with van der Waals surface area (Å²) in [5.74, 6) is -4.10. The van der Waals surface area contributed by atoms with Gasteiger partial charge in [0.1, 0.15) is 0 Å². The van der Waals surface area contributed by atoms with Crippen LogP contribution in [0.4, 0.5) is 13.2 Å². The summed E-state index contributed by atoms with van der Waals surface area (Å²) in [4.78, 5) is 3.75. The van der Waals surface area contributed by atoms with Gasteiger partial charge in [-0.25, -0.2) is 13.2 Å². The third-order valence-electron chi connectivity index (χ3n) is 1.82. The highest BCUT2D eigenvalue weighted by Gasteiger charge is 2.15. The van der Waals surface area contributed by atoms with Crippen molar-refractivity contribution in [3.05, 3.63) is 35.4 Å². The molecule has 7 heteroatoms. The van der Waals surface area contributed by atoms with Crippen LogP contribution in [-0.2, 0) is 5.88 Å². The molecule has 0 amide bonds. The number of alkyl halides is 1. The van der Waals surface area contributed by atoms with Gasteiger partial charge in [0, 0.05) is 5.56 Å². The second-order valence-electron chi connectivity index (χ2n) is 2.90. The van der Waals surface area contributed by atoms with E-state index in [0.717, 1.165) is 12.1 Å². The zero-order valence-corrected chi connectivity index (χ0v) is 8.43. The SMILES string of the molecule is Fc1cc(-c2nc(CCl)no2)cc(F)c1F. The molecular formula is C9H4ClF3N2O. The molecule has 2 aromatic rings. The second-order valence-corrected chi connectivity index (χ2v) is 3.17. The largest absolute Gasteiger partial charge is 0.334 e. The van der Waals surface area contributed by atoms with E-state index in [-0.39, 0.29) is 23.2 Å². The highest BCUT2D eigenvalue weighted by molar-refractivity contribution is 6.16. The van der Waals surface area contributed by atoms with E-state index in [1.165, 1.54) is 0 Å². The van der Waals surface area contributed by atoms with Gasteiger partial charge in [-0.05, 0) is 12.1 Å². The molecule has 1 heterocycles. The lowest BCUT2D eigenvalue weighted by Crippen LogP contribution is -1.92. The fourth-order valence-corrected chi connectivity index (χ4v) is 1.21. The standard InChI is InChI=1S/C9H4ClF3N2O/c10-3-7-14-9(16-15-7)4-1-5(11)8(13)6(12)2-4/h1-2H,3H2. The number of halogens is 4. The summed E-state index contributed by atoms with van der Waals surface area (Å²) in [5.41, 5.74) is -0.0414. The van der Waals surface area contributed by atoms with E-state index in [9.17, 15) is 13.2 Å². The minimum absolute atomic E-state index is 0.00958. The maximum absolute atomic E-state index is 12.9. The minimum atomic E-state index is -1.54. The topological polar surface area (TPSA) is 38.9 Å². The molecule has 0 fully saturated rings. The van der Waals surface area contributed by atoms with Crippen molar-refractivity contribution in [2.24, 2.45) is 0 Å². The van der Waals surface area contributed by atoms with Crippen LogP contribution < -0.4 is 0 Å². The van der Waals surface area contributed by atoms with Gasteiger partial charge in [-0.3, -0.25) is 0 Å². The normalized spacial score (nSPS) is 10.8. The van der Waals surface area contributed by atoms with E-state index >= 15 is 0 Å². The predicted octanol–water partition coefficient (Wildman–Crippen LogP) is 2.89. The molecule has 1 aromatic heterocycles. The van der Waals surface area contributed by atoms with Gasteiger partial charge in [-0.2, -0.15) is 4.98 Å². The molecule has 0 N–H and O–H groups in total. The van der Waals surface area contributed by atoms with Gasteiger partial charge < -0.3 is 4.52 Å². The Kier molecular flexibility index (Phi) is 2.82. The van der Waals surface area contributed by atoms with Crippen LogP contribution in [0.15, 0.2) is 16.7 Å². The summed E-state index contributed by atoms with van der Waals surface area (Å²) in [7, 11) is 0. The highest BCUT2D eigenvalue weighted by atomic mass is 35.5. The third-order valence-corrected chi connectivity index (χ3v) is 2.06. The Morgan fingerprint density at radius 2 is 1.81 bits per heavy atom. The van der Waals surface area contributed by atoms with Crippen LogP contribution in [0, 0.1) is 17.5 Å². The smallest absolute Gasteiger partial charge is 0.258 e. The molecule has 0 saturated heterocycles. The van der Waals surface area contributed by atoms with Crippen molar-refractivity contribution in [1.82, 2.24) is 10.1 Å². The molecule has 0 bridgehead atoms. The molecule has 0 aliphatic heterocycles. The van der Waals surface area contributed by atoms with Crippen LogP contribution in [0.2, 0.25) is 0 Å². The van der Waals surface area contributed by atoms with Crippen LogP contribution in [-0.4, -0.2) is 10.1 Å². The van der Waals surface area contributed by atoms with Crippen LogP contribution in [0.3, 0.4) is 0 Å². The monoisotopic (exact) mass is 248 g/mol. The predicted molar refractivity (Wildman–Crippen MR) is 49.2 cm³/mol. The molecule has 0 radical (unpaired) electrons. The van der Waals surface area contributed by atoms with E-state index in [2.05, 4.69) is 10.1 Å². The first kappa shape index (κ1) is 10.9. The first-order chi connectivity index (χ1) is 7.61. The van der Waals surface area contributed by atoms with Crippen molar-refractivity contribution in [3.8, 4) is 11.5 Å². The molecule has 0 aliphatic carbocycles. The molecule has 0 unspecified atom stereocenters. The summed E-state index contributed by atoms with van der Waals surface area (Å²) in [5, 5.41) is 3.44. The van der Waals surface area contributed by atoms with E-state index in [4.69, 9.17) is 16.1 Å². The molecular weight excluding hydrogens is 245 g/mol. The number of aromatic nitrogens is 2. The minimum Gasteiger partial charge on any atom is -0.334 e. The van der Waals surface area contributed by atoms with E-state index in [1.54, 1.807) is 0 Å². The Labute approximate surface area is 92.8 Å². The zero-order chi connectivity index (χ0) is 11.7. The van der Waals surface area contributed by atoms with Gasteiger partial charge in [0.2, 0.25) is 0 Å². The number of benzene rings is 1. The second kappa shape index (κ2) is 4.13. The first-order valence-corrected chi connectivity index (χ1v) is 4.68. The summed E-state index contributed by atoms with van der Waals surface area (Å²) in [6.45, 7) is 0. The van der Waals surface area contributed by atoms with Gasteiger partial charge >= 0.3 is 0 Å². The fraction of sp³-hybridized carbons (Fsp3) is 0.111. The highest BCUT2D eigenvalue weighted by Crippen LogP contribution is 2.22. The molecule has 0 saturated carbocycles.